The number of thiocarbonyl (C=S) groups is 1. The van der Waals surface area contributed by atoms with Gasteiger partial charge in [-0.25, -0.2) is 4.98 Å². The molecule has 0 saturated heterocycles. The Morgan fingerprint density at radius 2 is 1.88 bits per heavy atom. The fourth-order valence-electron chi connectivity index (χ4n) is 4.36. The minimum absolute atomic E-state index is 0.128. The predicted molar refractivity (Wildman–Crippen MR) is 175 cm³/mol. The molecule has 7 nitrogen and oxygen atoms in total. The van der Waals surface area contributed by atoms with Gasteiger partial charge in [-0.15, -0.1) is 11.8 Å². The van der Waals surface area contributed by atoms with Crippen LogP contribution in [-0.2, 0) is 24.3 Å². The van der Waals surface area contributed by atoms with E-state index in [4.69, 9.17) is 40.7 Å². The Labute approximate surface area is 265 Å². The van der Waals surface area contributed by atoms with Gasteiger partial charge in [0, 0.05) is 48.1 Å². The van der Waals surface area contributed by atoms with Gasteiger partial charge in [-0.2, -0.15) is 5.26 Å². The zero-order valence-electron chi connectivity index (χ0n) is 23.2. The molecule has 3 aromatic carbocycles. The van der Waals surface area contributed by atoms with Crippen molar-refractivity contribution in [3.05, 3.63) is 112 Å². The first-order valence-electron chi connectivity index (χ1n) is 13.2. The molecule has 0 bridgehead atoms. The lowest BCUT2D eigenvalue weighted by molar-refractivity contribution is -0.121. The van der Waals surface area contributed by atoms with Gasteiger partial charge in [0.1, 0.15) is 0 Å². The van der Waals surface area contributed by atoms with Gasteiger partial charge in [-0.1, -0.05) is 47.5 Å². The van der Waals surface area contributed by atoms with E-state index >= 15 is 0 Å². The van der Waals surface area contributed by atoms with E-state index in [0.717, 1.165) is 27.4 Å². The second-order valence-corrected chi connectivity index (χ2v) is 11.8. The summed E-state index contributed by atoms with van der Waals surface area (Å²) in [6, 6.07) is 22.8. The van der Waals surface area contributed by atoms with E-state index in [1.54, 1.807) is 42.5 Å². The number of benzene rings is 3. The van der Waals surface area contributed by atoms with Crippen molar-refractivity contribution in [2.45, 2.75) is 37.4 Å². The van der Waals surface area contributed by atoms with Crippen molar-refractivity contribution in [1.29, 1.82) is 5.26 Å². The molecule has 42 heavy (non-hydrogen) atoms. The highest BCUT2D eigenvalue weighted by Gasteiger charge is 2.19. The zero-order chi connectivity index (χ0) is 30.1. The molecule has 0 unspecified atom stereocenters. The second-order valence-electron chi connectivity index (χ2n) is 9.72. The number of nitrogens with zero attached hydrogens (tertiary/aromatic N) is 4. The number of hydrogen-bond donors (Lipinski definition) is 2. The Balaban J connectivity index is 1.41. The zero-order valence-corrected chi connectivity index (χ0v) is 26.3. The molecule has 1 heterocycles. The van der Waals surface area contributed by atoms with Gasteiger partial charge in [0.25, 0.3) is 0 Å². The molecule has 11 heteroatoms. The van der Waals surface area contributed by atoms with E-state index in [1.807, 2.05) is 71.2 Å². The largest absolute Gasteiger partial charge is 0.352 e. The molecule has 0 fully saturated rings. The van der Waals surface area contributed by atoms with E-state index in [-0.39, 0.29) is 18.4 Å². The minimum atomic E-state index is -0.232. The van der Waals surface area contributed by atoms with Crippen LogP contribution in [0.25, 0.3) is 0 Å². The molecule has 0 aliphatic carbocycles. The third kappa shape index (κ3) is 8.73. The van der Waals surface area contributed by atoms with Gasteiger partial charge in [0.15, 0.2) is 5.11 Å². The van der Waals surface area contributed by atoms with E-state index in [1.165, 1.54) is 0 Å². The summed E-state index contributed by atoms with van der Waals surface area (Å²) in [4.78, 5) is 20.4. The molecule has 1 atom stereocenters. The SMILES string of the molecule is CSc1ccc(NC(=S)N(Cc2cccc(Cl)c2Cl)C[C@H](C)NC(=O)Cc2cncn2Cc2ccc(C#N)cc2)cc1. The number of nitrogens with one attached hydrogen (secondary N) is 2. The van der Waals surface area contributed by atoms with Crippen LogP contribution in [0.2, 0.25) is 10.0 Å². The topological polar surface area (TPSA) is 86.0 Å². The van der Waals surface area contributed by atoms with Gasteiger partial charge in [-0.05, 0) is 79.0 Å². The summed E-state index contributed by atoms with van der Waals surface area (Å²) >= 11 is 20.3. The summed E-state index contributed by atoms with van der Waals surface area (Å²) in [5.74, 6) is -0.128. The number of rotatable bonds is 11. The molecule has 0 aliphatic heterocycles. The Bertz CT molecular complexity index is 1570. The summed E-state index contributed by atoms with van der Waals surface area (Å²) in [5, 5.41) is 16.9. The number of hydrogen-bond acceptors (Lipinski definition) is 5. The van der Waals surface area contributed by atoms with Crippen molar-refractivity contribution < 1.29 is 4.79 Å². The van der Waals surface area contributed by atoms with Crippen molar-refractivity contribution >= 4 is 63.9 Å². The molecule has 0 radical (unpaired) electrons. The number of thioether (sulfide) groups is 1. The first-order chi connectivity index (χ1) is 20.2. The number of amides is 1. The van der Waals surface area contributed by atoms with E-state index in [9.17, 15) is 4.79 Å². The lowest BCUT2D eigenvalue weighted by atomic mass is 10.1. The Kier molecular flexibility index (Phi) is 11.3. The maximum absolute atomic E-state index is 13.1. The molecule has 1 amide bonds. The summed E-state index contributed by atoms with van der Waals surface area (Å²) in [6.45, 7) is 3.34. The normalized spacial score (nSPS) is 11.4. The van der Waals surface area contributed by atoms with Crippen LogP contribution in [0, 0.1) is 11.3 Å². The molecule has 2 N–H and O–H groups in total. The highest BCUT2D eigenvalue weighted by atomic mass is 35.5. The molecule has 0 saturated carbocycles. The third-order valence-electron chi connectivity index (χ3n) is 6.50. The summed E-state index contributed by atoms with van der Waals surface area (Å²) < 4.78 is 1.93. The van der Waals surface area contributed by atoms with Gasteiger partial charge in [-0.3, -0.25) is 4.79 Å². The molecule has 216 valence electrons. The molecule has 1 aromatic heterocycles. The molecule has 4 aromatic rings. The lowest BCUT2D eigenvalue weighted by Gasteiger charge is -2.29. The highest BCUT2D eigenvalue weighted by Crippen LogP contribution is 2.27. The standard InChI is InChI=1S/C31H30Cl2N6OS2/c1-21(36-29(40)14-26-16-35-20-39(26)18-23-8-6-22(15-34)7-9-23)17-38(19-24-4-3-5-28(32)30(24)33)31(41)37-25-10-12-27(42-2)13-11-25/h3-13,16,20-21H,14,17-19H2,1-2H3,(H,36,40)(H,37,41)/t21-/m0/s1. The van der Waals surface area contributed by atoms with Gasteiger partial charge >= 0.3 is 0 Å². The van der Waals surface area contributed by atoms with Crippen LogP contribution < -0.4 is 10.6 Å². The number of nitriles is 1. The summed E-state index contributed by atoms with van der Waals surface area (Å²) in [6.07, 6.45) is 5.60. The maximum Gasteiger partial charge on any atom is 0.226 e. The van der Waals surface area contributed by atoms with Crippen molar-refractivity contribution in [2.75, 3.05) is 18.1 Å². The third-order valence-corrected chi connectivity index (χ3v) is 8.46. The first-order valence-corrected chi connectivity index (χ1v) is 15.5. The van der Waals surface area contributed by atoms with Crippen LogP contribution in [0.4, 0.5) is 5.69 Å². The van der Waals surface area contributed by atoms with E-state index in [0.29, 0.717) is 40.4 Å². The van der Waals surface area contributed by atoms with Crippen molar-refractivity contribution in [3.63, 3.8) is 0 Å². The number of anilines is 1. The lowest BCUT2D eigenvalue weighted by Crippen LogP contribution is -2.45. The van der Waals surface area contributed by atoms with E-state index in [2.05, 4.69) is 21.7 Å². The van der Waals surface area contributed by atoms with Crippen molar-refractivity contribution in [1.82, 2.24) is 19.8 Å². The van der Waals surface area contributed by atoms with Crippen molar-refractivity contribution in [3.8, 4) is 6.07 Å². The fourth-order valence-corrected chi connectivity index (χ4v) is 5.40. The van der Waals surface area contributed by atoms with Crippen LogP contribution in [0.5, 0.6) is 0 Å². The smallest absolute Gasteiger partial charge is 0.226 e. The Hall–Kier alpha value is -3.55. The van der Waals surface area contributed by atoms with Crippen LogP contribution in [0.3, 0.4) is 0 Å². The number of carbonyl (C=O) groups excluding carboxylic acids is 1. The molecule has 0 aliphatic rings. The van der Waals surface area contributed by atoms with Crippen LogP contribution in [0.1, 0.15) is 29.3 Å². The van der Waals surface area contributed by atoms with Gasteiger partial charge in [0.2, 0.25) is 5.91 Å². The predicted octanol–water partition coefficient (Wildman–Crippen LogP) is 6.78. The Morgan fingerprint density at radius 1 is 1.14 bits per heavy atom. The number of carbonyl (C=O) groups is 1. The first kappa shape index (κ1) is 31.4. The van der Waals surface area contributed by atoms with Crippen LogP contribution in [-0.4, -0.2) is 44.3 Å². The number of imidazole rings is 1. The van der Waals surface area contributed by atoms with Crippen molar-refractivity contribution in [2.24, 2.45) is 0 Å². The van der Waals surface area contributed by atoms with Gasteiger partial charge in [0.05, 0.1) is 34.4 Å². The summed E-state index contributed by atoms with van der Waals surface area (Å²) in [5.41, 5.74) is 4.11. The van der Waals surface area contributed by atoms with Crippen LogP contribution in [0.15, 0.2) is 84.1 Å². The number of halogens is 2. The average Bonchev–Trinajstić information content (AvgIpc) is 3.41. The second kappa shape index (κ2) is 15.1. The minimum Gasteiger partial charge on any atom is -0.352 e. The number of aromatic nitrogens is 2. The highest BCUT2D eigenvalue weighted by molar-refractivity contribution is 7.98. The van der Waals surface area contributed by atoms with E-state index < -0.39 is 0 Å². The van der Waals surface area contributed by atoms with Gasteiger partial charge < -0.3 is 20.1 Å². The average molecular weight is 638 g/mol. The molecule has 4 rings (SSSR count). The maximum atomic E-state index is 13.1. The van der Waals surface area contributed by atoms with Crippen LogP contribution >= 0.6 is 47.2 Å². The molecular formula is C31H30Cl2N6OS2. The monoisotopic (exact) mass is 636 g/mol. The quantitative estimate of drug-likeness (QED) is 0.139. The summed E-state index contributed by atoms with van der Waals surface area (Å²) in [7, 11) is 0. The fraction of sp³-hybridized carbons (Fsp3) is 0.226. The Morgan fingerprint density at radius 3 is 2.57 bits per heavy atom. The molecular weight excluding hydrogens is 607 g/mol. The molecule has 0 spiro atoms.